The molecule has 0 bridgehead atoms. The van der Waals surface area contributed by atoms with Crippen molar-refractivity contribution in [3.05, 3.63) is 0 Å². The van der Waals surface area contributed by atoms with Crippen LogP contribution in [0.3, 0.4) is 0 Å². The Morgan fingerprint density at radius 1 is 1.43 bits per heavy atom. The monoisotopic (exact) mass is 239 g/mol. The van der Waals surface area contributed by atoms with Crippen LogP contribution in [0, 0.1) is 0 Å². The van der Waals surface area contributed by atoms with Gasteiger partial charge in [0.25, 0.3) is 0 Å². The van der Waals surface area contributed by atoms with Gasteiger partial charge in [0, 0.05) is 11.9 Å². The van der Waals surface area contributed by atoms with Crippen molar-refractivity contribution in [3.8, 4) is 0 Å². The fourth-order valence-corrected chi connectivity index (χ4v) is 3.95. The fourth-order valence-electron chi connectivity index (χ4n) is 1.80. The van der Waals surface area contributed by atoms with E-state index in [0.29, 0.717) is 12.3 Å². The van der Waals surface area contributed by atoms with Crippen molar-refractivity contribution >= 4 is 21.6 Å². The summed E-state index contributed by atoms with van der Waals surface area (Å²) in [5, 5.41) is -0.166. The smallest absolute Gasteiger partial charge is 0.212 e. The number of alkyl halides is 1. The van der Waals surface area contributed by atoms with E-state index in [2.05, 4.69) is 4.72 Å². The Bertz CT molecular complexity index is 260. The second kappa shape index (κ2) is 5.33. The Hall–Kier alpha value is 0.200. The molecule has 0 aromatic carbocycles. The van der Waals surface area contributed by atoms with Crippen molar-refractivity contribution in [3.63, 3.8) is 0 Å². The Morgan fingerprint density at radius 2 is 2.00 bits per heavy atom. The van der Waals surface area contributed by atoms with Gasteiger partial charge in [0.1, 0.15) is 0 Å². The minimum atomic E-state index is -3.09. The summed E-state index contributed by atoms with van der Waals surface area (Å²) >= 11 is 5.55. The SMILES string of the molecule is CC(CCCl)NS(=O)(=O)C1CCCC1. The molecular formula is C9H18ClNO2S. The van der Waals surface area contributed by atoms with Gasteiger partial charge in [-0.05, 0) is 26.2 Å². The van der Waals surface area contributed by atoms with Gasteiger partial charge in [0.2, 0.25) is 10.0 Å². The second-order valence-electron chi connectivity index (χ2n) is 3.95. The highest BCUT2D eigenvalue weighted by Crippen LogP contribution is 2.24. The fraction of sp³-hybridized carbons (Fsp3) is 1.00. The Labute approximate surface area is 91.3 Å². The van der Waals surface area contributed by atoms with Gasteiger partial charge in [-0.25, -0.2) is 13.1 Å². The predicted octanol–water partition coefficient (Wildman–Crippen LogP) is 1.87. The van der Waals surface area contributed by atoms with Gasteiger partial charge in [-0.1, -0.05) is 12.8 Å². The second-order valence-corrected chi connectivity index (χ2v) is 6.32. The molecule has 1 fully saturated rings. The average molecular weight is 240 g/mol. The molecule has 84 valence electrons. The summed E-state index contributed by atoms with van der Waals surface area (Å²) in [7, 11) is -3.09. The van der Waals surface area contributed by atoms with E-state index in [9.17, 15) is 8.42 Å². The van der Waals surface area contributed by atoms with Crippen molar-refractivity contribution in [2.45, 2.75) is 50.3 Å². The largest absolute Gasteiger partial charge is 0.214 e. The Kier molecular flexibility index (Phi) is 4.67. The minimum Gasteiger partial charge on any atom is -0.212 e. The van der Waals surface area contributed by atoms with Crippen molar-refractivity contribution in [1.29, 1.82) is 0 Å². The first-order valence-corrected chi connectivity index (χ1v) is 7.21. The van der Waals surface area contributed by atoms with Crippen LogP contribution in [0.25, 0.3) is 0 Å². The molecule has 14 heavy (non-hydrogen) atoms. The number of hydrogen-bond donors (Lipinski definition) is 1. The van der Waals surface area contributed by atoms with E-state index in [1.54, 1.807) is 0 Å². The molecule has 0 spiro atoms. The summed E-state index contributed by atoms with van der Waals surface area (Å²) in [5.74, 6) is 0.494. The molecule has 1 aliphatic rings. The molecule has 0 heterocycles. The van der Waals surface area contributed by atoms with E-state index in [4.69, 9.17) is 11.6 Å². The van der Waals surface area contributed by atoms with Crippen LogP contribution < -0.4 is 4.72 Å². The molecule has 0 aromatic heterocycles. The third-order valence-corrected chi connectivity index (χ3v) is 4.95. The Morgan fingerprint density at radius 3 is 2.50 bits per heavy atom. The minimum absolute atomic E-state index is 0.0434. The van der Waals surface area contributed by atoms with E-state index < -0.39 is 10.0 Å². The third-order valence-electron chi connectivity index (χ3n) is 2.65. The van der Waals surface area contributed by atoms with E-state index in [0.717, 1.165) is 25.7 Å². The summed E-state index contributed by atoms with van der Waals surface area (Å²) in [5.41, 5.74) is 0. The van der Waals surface area contributed by atoms with Crippen molar-refractivity contribution in [1.82, 2.24) is 4.72 Å². The van der Waals surface area contributed by atoms with Crippen LogP contribution in [0.2, 0.25) is 0 Å². The van der Waals surface area contributed by atoms with Gasteiger partial charge in [-0.2, -0.15) is 0 Å². The quantitative estimate of drug-likeness (QED) is 0.745. The van der Waals surface area contributed by atoms with Gasteiger partial charge < -0.3 is 0 Å². The first-order chi connectivity index (χ1) is 6.56. The highest BCUT2D eigenvalue weighted by Gasteiger charge is 2.29. The number of rotatable bonds is 5. The van der Waals surface area contributed by atoms with Gasteiger partial charge in [0.15, 0.2) is 0 Å². The molecule has 5 heteroatoms. The van der Waals surface area contributed by atoms with E-state index in [1.807, 2.05) is 6.92 Å². The molecular weight excluding hydrogens is 222 g/mol. The van der Waals surface area contributed by atoms with E-state index in [-0.39, 0.29) is 11.3 Å². The van der Waals surface area contributed by atoms with Crippen LogP contribution in [0.4, 0.5) is 0 Å². The molecule has 0 radical (unpaired) electrons. The summed E-state index contributed by atoms with van der Waals surface area (Å²) in [6, 6.07) is -0.0434. The molecule has 1 rings (SSSR count). The van der Waals surface area contributed by atoms with Crippen LogP contribution in [-0.2, 0) is 10.0 Å². The van der Waals surface area contributed by atoms with Crippen LogP contribution in [0.5, 0.6) is 0 Å². The maximum atomic E-state index is 11.8. The lowest BCUT2D eigenvalue weighted by Gasteiger charge is -2.16. The normalized spacial score (nSPS) is 21.3. The first kappa shape index (κ1) is 12.3. The zero-order valence-corrected chi connectivity index (χ0v) is 10.1. The molecule has 0 aliphatic heterocycles. The van der Waals surface area contributed by atoms with E-state index in [1.165, 1.54) is 0 Å². The molecule has 1 saturated carbocycles. The average Bonchev–Trinajstić information content (AvgIpc) is 2.54. The maximum absolute atomic E-state index is 11.8. The molecule has 0 saturated heterocycles. The molecule has 1 atom stereocenters. The highest BCUT2D eigenvalue weighted by atomic mass is 35.5. The molecule has 0 amide bonds. The lowest BCUT2D eigenvalue weighted by atomic mass is 10.3. The maximum Gasteiger partial charge on any atom is 0.214 e. The molecule has 1 N–H and O–H groups in total. The van der Waals surface area contributed by atoms with E-state index >= 15 is 0 Å². The lowest BCUT2D eigenvalue weighted by molar-refractivity contribution is 0.542. The van der Waals surface area contributed by atoms with Crippen molar-refractivity contribution < 1.29 is 8.42 Å². The van der Waals surface area contributed by atoms with Gasteiger partial charge in [0.05, 0.1) is 5.25 Å². The van der Waals surface area contributed by atoms with Crippen LogP contribution in [-0.4, -0.2) is 25.6 Å². The molecule has 0 aromatic rings. The van der Waals surface area contributed by atoms with Gasteiger partial charge in [-0.15, -0.1) is 11.6 Å². The van der Waals surface area contributed by atoms with Crippen LogP contribution in [0.15, 0.2) is 0 Å². The Balaban J connectivity index is 2.48. The molecule has 1 unspecified atom stereocenters. The summed E-state index contributed by atoms with van der Waals surface area (Å²) in [4.78, 5) is 0. The highest BCUT2D eigenvalue weighted by molar-refractivity contribution is 7.90. The molecule has 1 aliphatic carbocycles. The number of nitrogens with one attached hydrogen (secondary N) is 1. The third kappa shape index (κ3) is 3.41. The predicted molar refractivity (Wildman–Crippen MR) is 59.1 cm³/mol. The standard InChI is InChI=1S/C9H18ClNO2S/c1-8(6-7-10)11-14(12,13)9-4-2-3-5-9/h8-9,11H,2-7H2,1H3. The summed E-state index contributed by atoms with van der Waals surface area (Å²) in [6.45, 7) is 1.86. The first-order valence-electron chi connectivity index (χ1n) is 5.13. The zero-order chi connectivity index (χ0) is 10.6. The lowest BCUT2D eigenvalue weighted by Crippen LogP contribution is -2.38. The zero-order valence-electron chi connectivity index (χ0n) is 8.50. The summed E-state index contributed by atoms with van der Waals surface area (Å²) in [6.07, 6.45) is 4.38. The van der Waals surface area contributed by atoms with Gasteiger partial charge >= 0.3 is 0 Å². The topological polar surface area (TPSA) is 46.2 Å². The number of hydrogen-bond acceptors (Lipinski definition) is 2. The number of halogens is 1. The van der Waals surface area contributed by atoms with Crippen molar-refractivity contribution in [2.75, 3.05) is 5.88 Å². The summed E-state index contributed by atoms with van der Waals surface area (Å²) < 4.78 is 26.2. The van der Waals surface area contributed by atoms with Crippen LogP contribution >= 0.6 is 11.6 Å². The molecule has 3 nitrogen and oxygen atoms in total. The van der Waals surface area contributed by atoms with Gasteiger partial charge in [-0.3, -0.25) is 0 Å². The van der Waals surface area contributed by atoms with Crippen molar-refractivity contribution in [2.24, 2.45) is 0 Å². The van der Waals surface area contributed by atoms with Crippen LogP contribution in [0.1, 0.15) is 39.0 Å². The number of sulfonamides is 1.